The molecule has 0 fully saturated rings. The maximum Gasteiger partial charge on any atom is 0.211 e. The van der Waals surface area contributed by atoms with Crippen LogP contribution in [0.25, 0.3) is 89.1 Å². The average Bonchev–Trinajstić information content (AvgIpc) is 4.02. The third-order valence-corrected chi connectivity index (χ3v) is 19.0. The van der Waals surface area contributed by atoms with Gasteiger partial charge in [0.25, 0.3) is 0 Å². The van der Waals surface area contributed by atoms with Crippen LogP contribution < -0.4 is 15.6 Å². The highest BCUT2D eigenvalue weighted by Crippen LogP contribution is 2.51. The summed E-state index contributed by atoms with van der Waals surface area (Å²) in [5.74, 6) is 0. The van der Waals surface area contributed by atoms with Crippen LogP contribution in [0, 0.1) is 0 Å². The summed E-state index contributed by atoms with van der Waals surface area (Å²) >= 11 is 5.87. The molecule has 0 unspecified atom stereocenters. The Labute approximate surface area is 400 Å². The fourth-order valence-corrected chi connectivity index (χ4v) is 15.1. The minimum absolute atomic E-state index is 0.0476. The van der Waals surface area contributed by atoms with E-state index in [9.17, 15) is 0 Å². The first-order valence-electron chi connectivity index (χ1n) is 23.8. The van der Waals surface area contributed by atoms with Crippen molar-refractivity contribution in [1.82, 2.24) is 4.57 Å². The lowest BCUT2D eigenvalue weighted by molar-refractivity contribution is 0.332. The van der Waals surface area contributed by atoms with Gasteiger partial charge in [-0.05, 0) is 139 Å². The van der Waals surface area contributed by atoms with E-state index in [1.165, 1.54) is 134 Å². The molecule has 0 atom stereocenters. The minimum atomic E-state index is 0.0476. The third-order valence-electron chi connectivity index (χ3n) is 15.6. The maximum atomic E-state index is 4.04. The van der Waals surface area contributed by atoms with Gasteiger partial charge in [0.1, 0.15) is 0 Å². The number of rotatable bonds is 3. The summed E-state index contributed by atoms with van der Waals surface area (Å²) in [6, 6.07) is 45.4. The van der Waals surface area contributed by atoms with E-state index in [1.807, 2.05) is 34.0 Å². The molecule has 66 heavy (non-hydrogen) atoms. The van der Waals surface area contributed by atoms with E-state index in [4.69, 9.17) is 0 Å². The second-order valence-corrected chi connectivity index (χ2v) is 26.2. The van der Waals surface area contributed by atoms with Gasteiger partial charge in [0.2, 0.25) is 7.28 Å². The fourth-order valence-electron chi connectivity index (χ4n) is 11.6. The highest BCUT2D eigenvalue weighted by atomic mass is 32.1. The molecule has 7 aromatic carbocycles. The van der Waals surface area contributed by atoms with Crippen molar-refractivity contribution in [3.8, 4) is 16.8 Å². The maximum absolute atomic E-state index is 4.04. The summed E-state index contributed by atoms with van der Waals surface area (Å²) < 4.78 is 10.9. The van der Waals surface area contributed by atoms with Crippen molar-refractivity contribution in [3.05, 3.63) is 138 Å². The lowest BCUT2D eigenvalue weighted by Crippen LogP contribution is -2.35. The predicted molar refractivity (Wildman–Crippen MR) is 296 cm³/mol. The molecule has 6 heteroatoms. The zero-order valence-corrected chi connectivity index (χ0v) is 42.2. The highest BCUT2D eigenvalue weighted by molar-refractivity contribution is 7.29. The molecule has 4 aromatic heterocycles. The summed E-state index contributed by atoms with van der Waals surface area (Å²) in [4.78, 5) is 0. The monoisotopic (exact) mass is 910 g/mol. The van der Waals surface area contributed by atoms with E-state index in [1.54, 1.807) is 0 Å². The third kappa shape index (κ3) is 5.96. The lowest BCUT2D eigenvalue weighted by atomic mass is 9.63. The molecule has 2 nitrogen and oxygen atoms in total. The second-order valence-electron chi connectivity index (χ2n) is 22.9. The van der Waals surface area contributed by atoms with Crippen LogP contribution in [-0.4, -0.2) is 11.8 Å². The van der Waals surface area contributed by atoms with Gasteiger partial charge >= 0.3 is 0 Å². The Morgan fingerprint density at radius 3 is 1.91 bits per heavy atom. The van der Waals surface area contributed by atoms with Gasteiger partial charge in [-0.1, -0.05) is 118 Å². The van der Waals surface area contributed by atoms with Gasteiger partial charge in [-0.15, -0.1) is 34.0 Å². The second kappa shape index (κ2) is 13.6. The molecule has 1 aliphatic carbocycles. The molecular formula is C60H55BN2S3. The smallest absolute Gasteiger partial charge is 0.211 e. The number of anilines is 2. The van der Waals surface area contributed by atoms with Crippen molar-refractivity contribution in [1.29, 1.82) is 0 Å². The molecule has 0 saturated carbocycles. The van der Waals surface area contributed by atoms with Crippen LogP contribution in [0.5, 0.6) is 0 Å². The number of hydrogen-bond acceptors (Lipinski definition) is 4. The van der Waals surface area contributed by atoms with Crippen LogP contribution in [-0.2, 0) is 21.7 Å². The Balaban J connectivity index is 1.10. The zero-order valence-electron chi connectivity index (χ0n) is 39.8. The summed E-state index contributed by atoms with van der Waals surface area (Å²) in [5, 5.41) is 13.5. The molecule has 0 saturated heterocycles. The highest BCUT2D eigenvalue weighted by Gasteiger charge is 2.38. The molecule has 326 valence electrons. The first-order valence-corrected chi connectivity index (χ1v) is 26.3. The predicted octanol–water partition coefficient (Wildman–Crippen LogP) is 16.8. The Bertz CT molecular complexity index is 3890. The van der Waals surface area contributed by atoms with E-state index < -0.39 is 0 Å². The number of nitrogens with zero attached hydrogens (tertiary/aromatic N) is 1. The van der Waals surface area contributed by atoms with Crippen molar-refractivity contribution in [2.75, 3.05) is 5.32 Å². The van der Waals surface area contributed by atoms with Crippen LogP contribution in [0.4, 0.5) is 11.4 Å². The molecular weight excluding hydrogens is 856 g/mol. The zero-order chi connectivity index (χ0) is 45.4. The van der Waals surface area contributed by atoms with Gasteiger partial charge in [0.05, 0.1) is 11.2 Å². The van der Waals surface area contributed by atoms with Crippen molar-refractivity contribution < 1.29 is 0 Å². The van der Waals surface area contributed by atoms with Crippen molar-refractivity contribution in [2.24, 2.45) is 0 Å². The molecule has 2 aliphatic rings. The van der Waals surface area contributed by atoms with Crippen LogP contribution in [0.3, 0.4) is 0 Å². The molecule has 13 rings (SSSR count). The number of benzene rings is 7. The molecule has 1 N–H and O–H groups in total. The van der Waals surface area contributed by atoms with Crippen LogP contribution in [0.2, 0.25) is 0 Å². The average molecular weight is 911 g/mol. The normalized spacial score (nSPS) is 15.7. The van der Waals surface area contributed by atoms with E-state index in [2.05, 4.69) is 194 Å². The fraction of sp³-hybridized carbons (Fsp3) is 0.267. The van der Waals surface area contributed by atoms with E-state index in [-0.39, 0.29) is 21.7 Å². The SMILES string of the molecule is CC(C)(C)c1ccc(Nc2cc3c(cc2-c2ccc4c5cc6sc7ccccc7c6cc5n5c4c2Bc2sc4ccc(C(C)(C)C)cc4c2-5)sc2cc4c(cc23)C(C)(C)CCC4(C)C)cc1. The lowest BCUT2D eigenvalue weighted by Gasteiger charge is -2.41. The van der Waals surface area contributed by atoms with Crippen molar-refractivity contribution in [3.63, 3.8) is 0 Å². The number of fused-ring (bicyclic) bond motifs is 14. The number of hydrogen-bond donors (Lipinski definition) is 1. The number of nitrogens with one attached hydrogen (secondary N) is 1. The number of aromatic nitrogens is 1. The van der Waals surface area contributed by atoms with Crippen LogP contribution >= 0.6 is 34.0 Å². The van der Waals surface area contributed by atoms with Crippen molar-refractivity contribution >= 4 is 135 Å². The quantitative estimate of drug-likeness (QED) is 0.175. The Morgan fingerprint density at radius 2 is 1.15 bits per heavy atom. The van der Waals surface area contributed by atoms with Gasteiger partial charge in [-0.25, -0.2) is 0 Å². The Kier molecular flexibility index (Phi) is 8.43. The first-order chi connectivity index (χ1) is 31.4. The van der Waals surface area contributed by atoms with Gasteiger partial charge in [-0.2, -0.15) is 0 Å². The summed E-state index contributed by atoms with van der Waals surface area (Å²) in [7, 11) is 0.890. The van der Waals surface area contributed by atoms with Gasteiger partial charge < -0.3 is 9.88 Å². The number of thiophene rings is 3. The van der Waals surface area contributed by atoms with E-state index >= 15 is 0 Å². The first kappa shape index (κ1) is 40.8. The molecule has 0 radical (unpaired) electrons. The topological polar surface area (TPSA) is 17.0 Å². The van der Waals surface area contributed by atoms with Gasteiger partial charge in [-0.3, -0.25) is 0 Å². The van der Waals surface area contributed by atoms with Crippen LogP contribution in [0.1, 0.15) is 104 Å². The molecule has 11 aromatic rings. The summed E-state index contributed by atoms with van der Waals surface area (Å²) in [6.07, 6.45) is 2.42. The summed E-state index contributed by atoms with van der Waals surface area (Å²) in [6.45, 7) is 23.7. The molecule has 5 heterocycles. The molecule has 1 aliphatic heterocycles. The van der Waals surface area contributed by atoms with Gasteiger partial charge in [0.15, 0.2) is 0 Å². The minimum Gasteiger partial charge on any atom is -0.355 e. The van der Waals surface area contributed by atoms with Crippen molar-refractivity contribution in [2.45, 2.75) is 104 Å². The molecule has 0 bridgehead atoms. The van der Waals surface area contributed by atoms with Crippen LogP contribution in [0.15, 0.2) is 115 Å². The Hall–Kier alpha value is -5.40. The molecule has 0 spiro atoms. The summed E-state index contributed by atoms with van der Waals surface area (Å²) in [5.41, 5.74) is 16.5. The molecule has 0 amide bonds. The van der Waals surface area contributed by atoms with Gasteiger partial charge in [0, 0.05) is 83.7 Å². The standard InChI is InChI=1S/C60H55BN2S3/c1-57(2,3)32-15-18-34(19-16-32)62-46-27-41-40-26-44-45(60(9,10)24-23-59(44,7)8)31-52(40)65-50(41)29-38(46)36-20-21-37-39-30-51-42(35-13-11-12-14-48(35)64-51)28-47(39)63-54(37)53(36)61-56-55(63)43-25-33(58(4,5)6)17-22-49(43)66-56/h11-22,25-31,61-62H,23-24H2,1-10H3. The largest absolute Gasteiger partial charge is 0.355 e. The van der Waals surface area contributed by atoms with E-state index in [0.29, 0.717) is 0 Å². The Morgan fingerprint density at radius 1 is 0.515 bits per heavy atom. The van der Waals surface area contributed by atoms with E-state index in [0.717, 1.165) is 18.7 Å².